The molecule has 1 fully saturated rings. The van der Waals surface area contributed by atoms with E-state index < -0.39 is 0 Å². The monoisotopic (exact) mass is 351 g/mol. The number of nitrogens with zero attached hydrogens (tertiary/aromatic N) is 1. The number of piperidine rings is 1. The van der Waals surface area contributed by atoms with Crippen LogP contribution in [-0.2, 0) is 9.59 Å². The van der Waals surface area contributed by atoms with Crippen LogP contribution in [0, 0.1) is 0 Å². The molecule has 0 radical (unpaired) electrons. The number of anilines is 1. The molecule has 2 aliphatic rings. The predicted octanol–water partition coefficient (Wildman–Crippen LogP) is 2.52. The van der Waals surface area contributed by atoms with E-state index in [0.29, 0.717) is 6.04 Å². The van der Waals surface area contributed by atoms with E-state index in [0.717, 1.165) is 50.1 Å². The van der Waals surface area contributed by atoms with Crippen molar-refractivity contribution in [2.45, 2.75) is 44.6 Å². The van der Waals surface area contributed by atoms with Crippen LogP contribution in [0.4, 0.5) is 5.69 Å². The fraction of sp³-hybridized carbons (Fsp3) is 0.556. The second-order valence-corrected chi connectivity index (χ2v) is 6.40. The molecule has 1 atom stereocenters. The number of halogens is 1. The minimum atomic E-state index is -0.346. The van der Waals surface area contributed by atoms with Crippen molar-refractivity contribution >= 4 is 29.9 Å². The number of hydrogen-bond acceptors (Lipinski definition) is 3. The van der Waals surface area contributed by atoms with E-state index in [1.165, 1.54) is 0 Å². The van der Waals surface area contributed by atoms with Crippen molar-refractivity contribution in [3.63, 3.8) is 0 Å². The Balaban J connectivity index is 0.00000208. The number of para-hydroxylation sites is 1. The first-order valence-corrected chi connectivity index (χ1v) is 8.60. The van der Waals surface area contributed by atoms with E-state index in [1.54, 1.807) is 0 Å². The van der Waals surface area contributed by atoms with Crippen LogP contribution in [0.2, 0.25) is 0 Å². The highest BCUT2D eigenvalue weighted by atomic mass is 35.5. The highest BCUT2D eigenvalue weighted by Crippen LogP contribution is 2.34. The van der Waals surface area contributed by atoms with Crippen LogP contribution in [0.1, 0.15) is 44.1 Å². The van der Waals surface area contributed by atoms with Gasteiger partial charge in [-0.3, -0.25) is 9.59 Å². The predicted molar refractivity (Wildman–Crippen MR) is 97.6 cm³/mol. The molecule has 24 heavy (non-hydrogen) atoms. The van der Waals surface area contributed by atoms with E-state index in [1.807, 2.05) is 29.2 Å². The van der Waals surface area contributed by atoms with Gasteiger partial charge < -0.3 is 15.5 Å². The Morgan fingerprint density at radius 2 is 1.96 bits per heavy atom. The zero-order valence-corrected chi connectivity index (χ0v) is 14.9. The maximum atomic E-state index is 13.2. The molecule has 6 heteroatoms. The van der Waals surface area contributed by atoms with Gasteiger partial charge >= 0.3 is 0 Å². The van der Waals surface area contributed by atoms with Crippen LogP contribution in [0.3, 0.4) is 0 Å². The fourth-order valence-corrected chi connectivity index (χ4v) is 3.66. The lowest BCUT2D eigenvalue weighted by molar-refractivity contribution is -0.137. The Morgan fingerprint density at radius 1 is 1.25 bits per heavy atom. The van der Waals surface area contributed by atoms with Crippen molar-refractivity contribution in [3.05, 3.63) is 29.8 Å². The lowest BCUT2D eigenvalue weighted by atomic mass is 9.88. The number of carbonyl (C=O) groups is 2. The third-order valence-corrected chi connectivity index (χ3v) is 4.79. The third-order valence-electron chi connectivity index (χ3n) is 4.79. The van der Waals surface area contributed by atoms with Gasteiger partial charge in [-0.15, -0.1) is 12.4 Å². The molecule has 2 N–H and O–H groups in total. The molecule has 0 aromatic heterocycles. The average Bonchev–Trinajstić information content (AvgIpc) is 2.59. The number of hydrogen-bond donors (Lipinski definition) is 2. The van der Waals surface area contributed by atoms with Gasteiger partial charge in [-0.05, 0) is 44.0 Å². The van der Waals surface area contributed by atoms with Crippen molar-refractivity contribution in [2.75, 3.05) is 25.0 Å². The summed E-state index contributed by atoms with van der Waals surface area (Å²) >= 11 is 0. The Hall–Kier alpha value is -1.59. The van der Waals surface area contributed by atoms with Gasteiger partial charge in [-0.2, -0.15) is 0 Å². The number of rotatable bonds is 4. The molecule has 1 saturated heterocycles. The van der Waals surface area contributed by atoms with Crippen LogP contribution >= 0.6 is 12.4 Å². The summed E-state index contributed by atoms with van der Waals surface area (Å²) in [6, 6.07) is 7.96. The summed E-state index contributed by atoms with van der Waals surface area (Å²) in [6.07, 6.45) is 3.18. The number of benzene rings is 1. The summed E-state index contributed by atoms with van der Waals surface area (Å²) in [6.45, 7) is 4.78. The zero-order chi connectivity index (χ0) is 16.2. The average molecular weight is 352 g/mol. The van der Waals surface area contributed by atoms with E-state index in [2.05, 4.69) is 17.6 Å². The topological polar surface area (TPSA) is 61.4 Å². The minimum Gasteiger partial charge on any atom is -0.339 e. The van der Waals surface area contributed by atoms with Crippen LogP contribution in [-0.4, -0.2) is 42.4 Å². The molecule has 0 aliphatic carbocycles. The van der Waals surface area contributed by atoms with Gasteiger partial charge in [-0.25, -0.2) is 0 Å². The molecule has 2 heterocycles. The largest absolute Gasteiger partial charge is 0.339 e. The van der Waals surface area contributed by atoms with Crippen molar-refractivity contribution < 1.29 is 9.59 Å². The second kappa shape index (κ2) is 8.49. The second-order valence-electron chi connectivity index (χ2n) is 6.40. The Bertz CT molecular complexity index is 587. The maximum absolute atomic E-state index is 13.2. The molecule has 5 nitrogen and oxygen atoms in total. The summed E-state index contributed by atoms with van der Waals surface area (Å²) in [4.78, 5) is 27.3. The molecule has 2 amide bonds. The number of amides is 2. The molecular formula is C18H26ClN3O2. The summed E-state index contributed by atoms with van der Waals surface area (Å²) in [5, 5.41) is 6.23. The molecule has 1 aromatic carbocycles. The molecule has 0 saturated carbocycles. The van der Waals surface area contributed by atoms with E-state index in [4.69, 9.17) is 0 Å². The van der Waals surface area contributed by atoms with Gasteiger partial charge in [0.25, 0.3) is 0 Å². The summed E-state index contributed by atoms with van der Waals surface area (Å²) in [5.74, 6) is -0.300. The van der Waals surface area contributed by atoms with Gasteiger partial charge in [0.1, 0.15) is 0 Å². The molecule has 0 spiro atoms. The summed E-state index contributed by atoms with van der Waals surface area (Å²) < 4.78 is 0. The van der Waals surface area contributed by atoms with Crippen LogP contribution in [0.15, 0.2) is 24.3 Å². The Labute approximate surface area is 149 Å². The molecule has 1 aromatic rings. The number of nitrogens with one attached hydrogen (secondary N) is 2. The third kappa shape index (κ3) is 3.90. The van der Waals surface area contributed by atoms with Crippen LogP contribution in [0.5, 0.6) is 0 Å². The van der Waals surface area contributed by atoms with Crippen molar-refractivity contribution in [3.8, 4) is 0 Å². The van der Waals surface area contributed by atoms with Gasteiger partial charge in [0.15, 0.2) is 0 Å². The van der Waals surface area contributed by atoms with Gasteiger partial charge in [-0.1, -0.05) is 25.1 Å². The Kier molecular flexibility index (Phi) is 6.63. The summed E-state index contributed by atoms with van der Waals surface area (Å²) in [5.41, 5.74) is 1.73. The molecular weight excluding hydrogens is 326 g/mol. The SMILES string of the molecule is CCCN(C(=O)C1CC(=O)Nc2ccccc21)C1CCNCC1.Cl. The fourth-order valence-electron chi connectivity index (χ4n) is 3.66. The number of fused-ring (bicyclic) bond motifs is 1. The lowest BCUT2D eigenvalue weighted by Crippen LogP contribution is -2.49. The first-order valence-electron chi connectivity index (χ1n) is 8.60. The quantitative estimate of drug-likeness (QED) is 0.876. The van der Waals surface area contributed by atoms with Crippen molar-refractivity contribution in [1.29, 1.82) is 0 Å². The van der Waals surface area contributed by atoms with E-state index >= 15 is 0 Å². The number of carbonyl (C=O) groups excluding carboxylic acids is 2. The molecule has 3 rings (SSSR count). The molecule has 1 unspecified atom stereocenters. The zero-order valence-electron chi connectivity index (χ0n) is 14.1. The van der Waals surface area contributed by atoms with Crippen molar-refractivity contribution in [2.24, 2.45) is 0 Å². The summed E-state index contributed by atoms with van der Waals surface area (Å²) in [7, 11) is 0. The van der Waals surface area contributed by atoms with Crippen molar-refractivity contribution in [1.82, 2.24) is 10.2 Å². The van der Waals surface area contributed by atoms with E-state index in [9.17, 15) is 9.59 Å². The van der Waals surface area contributed by atoms with Gasteiger partial charge in [0.2, 0.25) is 11.8 Å². The van der Waals surface area contributed by atoms with Crippen LogP contribution < -0.4 is 10.6 Å². The molecule has 0 bridgehead atoms. The normalized spacial score (nSPS) is 20.5. The Morgan fingerprint density at radius 3 is 2.67 bits per heavy atom. The molecule has 2 aliphatic heterocycles. The first-order chi connectivity index (χ1) is 11.2. The molecule has 132 valence electrons. The van der Waals surface area contributed by atoms with Gasteiger partial charge in [0.05, 0.1) is 5.92 Å². The maximum Gasteiger partial charge on any atom is 0.230 e. The van der Waals surface area contributed by atoms with E-state index in [-0.39, 0.29) is 36.6 Å². The lowest BCUT2D eigenvalue weighted by Gasteiger charge is -2.38. The highest BCUT2D eigenvalue weighted by Gasteiger charge is 2.35. The minimum absolute atomic E-state index is 0. The van der Waals surface area contributed by atoms with Crippen LogP contribution in [0.25, 0.3) is 0 Å². The highest BCUT2D eigenvalue weighted by molar-refractivity contribution is 6.01. The first kappa shape index (κ1) is 18.7. The van der Waals surface area contributed by atoms with Gasteiger partial charge in [0, 0.05) is 24.7 Å². The standard InChI is InChI=1S/C18H25N3O2.ClH/c1-2-11-21(13-7-9-19-10-8-13)18(23)15-12-17(22)20-16-6-4-3-5-14(15)16;/h3-6,13,15,19H,2,7-12H2,1H3,(H,20,22);1H. The smallest absolute Gasteiger partial charge is 0.230 e.